The van der Waals surface area contributed by atoms with Gasteiger partial charge in [0.05, 0.1) is 36.3 Å². The molecule has 0 radical (unpaired) electrons. The molecular formula is C36H52N4O10S. The first-order valence-corrected chi connectivity index (χ1v) is 19.0. The molecule has 0 saturated carbocycles. The summed E-state index contributed by atoms with van der Waals surface area (Å²) in [5.41, 5.74) is 0.281. The molecule has 2 aromatic rings. The summed E-state index contributed by atoms with van der Waals surface area (Å²) in [4.78, 5) is 27.6. The Morgan fingerprint density at radius 3 is 2.49 bits per heavy atom. The topological polar surface area (TPSA) is 167 Å². The van der Waals surface area contributed by atoms with Gasteiger partial charge in [-0.05, 0) is 48.8 Å². The number of amides is 3. The number of carboxylic acid groups (broad SMARTS) is 1. The summed E-state index contributed by atoms with van der Waals surface area (Å²) in [6.07, 6.45) is 0.720. The van der Waals surface area contributed by atoms with Gasteiger partial charge < -0.3 is 39.4 Å². The Hall–Kier alpha value is -3.63. The lowest BCUT2D eigenvalue weighted by Gasteiger charge is -2.40. The number of sulfonamides is 1. The SMILES string of the molecule is CN(C)C(=O)NCCCCCC(C)(C)CN(C[C@@H](O)[C@H](Cc1ccccc1)N(C(=O)O)[C@H]1CO[C@H]2OCC[C@H]21)S(=O)(=O)c1ccc2c(c1)OCO2. The van der Waals surface area contributed by atoms with Crippen molar-refractivity contribution in [2.45, 2.75) is 81.7 Å². The van der Waals surface area contributed by atoms with Crippen LogP contribution >= 0.6 is 0 Å². The van der Waals surface area contributed by atoms with Gasteiger partial charge in [0.15, 0.2) is 17.8 Å². The predicted molar refractivity (Wildman–Crippen MR) is 188 cm³/mol. The van der Waals surface area contributed by atoms with Crippen LogP contribution in [-0.4, -0.2) is 123 Å². The molecule has 3 aliphatic rings. The fourth-order valence-electron chi connectivity index (χ4n) is 7.11. The molecular weight excluding hydrogens is 680 g/mol. The van der Waals surface area contributed by atoms with E-state index in [1.165, 1.54) is 26.2 Å². The van der Waals surface area contributed by atoms with E-state index in [2.05, 4.69) is 5.32 Å². The molecule has 2 saturated heterocycles. The normalized spacial score (nSPS) is 20.9. The number of nitrogens with zero attached hydrogens (tertiary/aromatic N) is 3. The average Bonchev–Trinajstić information content (AvgIpc) is 3.84. The van der Waals surface area contributed by atoms with Gasteiger partial charge in [-0.15, -0.1) is 0 Å². The summed E-state index contributed by atoms with van der Waals surface area (Å²) in [6, 6.07) is 12.0. The van der Waals surface area contributed by atoms with Gasteiger partial charge in [0.2, 0.25) is 16.8 Å². The number of carbonyl (C=O) groups is 2. The Kier molecular flexibility index (Phi) is 12.7. The van der Waals surface area contributed by atoms with Crippen molar-refractivity contribution in [3.63, 3.8) is 0 Å². The number of benzene rings is 2. The van der Waals surface area contributed by atoms with Crippen LogP contribution in [0.1, 0.15) is 51.5 Å². The van der Waals surface area contributed by atoms with Gasteiger partial charge in [0.1, 0.15) is 0 Å². The van der Waals surface area contributed by atoms with Crippen LogP contribution in [0.15, 0.2) is 53.4 Å². The van der Waals surface area contributed by atoms with Gasteiger partial charge >= 0.3 is 12.1 Å². The van der Waals surface area contributed by atoms with Gasteiger partial charge in [-0.2, -0.15) is 4.31 Å². The lowest BCUT2D eigenvalue weighted by atomic mass is 9.86. The number of aliphatic hydroxyl groups is 1. The number of fused-ring (bicyclic) bond motifs is 2. The third-order valence-electron chi connectivity index (χ3n) is 9.87. The van der Waals surface area contributed by atoms with Crippen molar-refractivity contribution in [1.82, 2.24) is 19.4 Å². The maximum Gasteiger partial charge on any atom is 0.407 e. The van der Waals surface area contributed by atoms with Crippen molar-refractivity contribution >= 4 is 22.1 Å². The van der Waals surface area contributed by atoms with E-state index in [9.17, 15) is 28.2 Å². The van der Waals surface area contributed by atoms with Crippen molar-refractivity contribution < 1.29 is 47.2 Å². The highest BCUT2D eigenvalue weighted by molar-refractivity contribution is 7.89. The van der Waals surface area contributed by atoms with Crippen molar-refractivity contribution in [2.24, 2.45) is 11.3 Å². The molecule has 51 heavy (non-hydrogen) atoms. The molecule has 3 N–H and O–H groups in total. The summed E-state index contributed by atoms with van der Waals surface area (Å²) >= 11 is 0. The van der Waals surface area contributed by atoms with E-state index in [-0.39, 0.29) is 49.8 Å². The maximum absolute atomic E-state index is 14.5. The van der Waals surface area contributed by atoms with E-state index in [0.29, 0.717) is 37.5 Å². The monoisotopic (exact) mass is 732 g/mol. The van der Waals surface area contributed by atoms with Crippen molar-refractivity contribution in [3.8, 4) is 11.5 Å². The van der Waals surface area contributed by atoms with Crippen LogP contribution in [0.4, 0.5) is 9.59 Å². The van der Waals surface area contributed by atoms with Gasteiger partial charge in [-0.25, -0.2) is 18.0 Å². The highest BCUT2D eigenvalue weighted by Crippen LogP contribution is 2.38. The highest BCUT2D eigenvalue weighted by Gasteiger charge is 2.49. The third-order valence-corrected chi connectivity index (χ3v) is 11.7. The van der Waals surface area contributed by atoms with E-state index >= 15 is 0 Å². The Bertz CT molecular complexity index is 1590. The minimum atomic E-state index is -4.22. The highest BCUT2D eigenvalue weighted by atomic mass is 32.2. The summed E-state index contributed by atoms with van der Waals surface area (Å²) in [5, 5.41) is 25.6. The zero-order chi connectivity index (χ0) is 36.8. The molecule has 0 aliphatic carbocycles. The molecule has 0 aromatic heterocycles. The number of unbranched alkanes of at least 4 members (excludes halogenated alkanes) is 2. The van der Waals surface area contributed by atoms with Crippen LogP contribution in [0.5, 0.6) is 11.5 Å². The number of hydrogen-bond acceptors (Lipinski definition) is 9. The quantitative estimate of drug-likeness (QED) is 0.203. The molecule has 0 unspecified atom stereocenters. The average molecular weight is 733 g/mol. The van der Waals surface area contributed by atoms with Crippen molar-refractivity contribution in [1.29, 1.82) is 0 Å². The van der Waals surface area contributed by atoms with Gasteiger partial charge in [0, 0.05) is 45.7 Å². The summed E-state index contributed by atoms with van der Waals surface area (Å²) in [7, 11) is -0.849. The number of nitrogens with one attached hydrogen (secondary N) is 1. The number of rotatable bonds is 17. The Balaban J connectivity index is 1.40. The van der Waals surface area contributed by atoms with E-state index in [1.54, 1.807) is 20.2 Å². The fraction of sp³-hybridized carbons (Fsp3) is 0.611. The standard InChI is InChI=1S/C36H52N4O10S/c1-36(2,16-9-6-10-17-37-34(42)38(3)4)23-39(51(45,46)26-13-14-31-32(20-26)50-24-49-31)21-30(41)28(19-25-11-7-5-8-12-25)40(35(43)44)29-22-48-33-27(29)15-18-47-33/h5,7-8,11-14,20,27-30,33,41H,6,9-10,15-19,21-24H2,1-4H3,(H,37,42)(H,43,44)/t27-,28-,29-,30+,33+/m0/s1. The lowest BCUT2D eigenvalue weighted by molar-refractivity contribution is -0.0906. The molecule has 0 spiro atoms. The smallest absolute Gasteiger partial charge is 0.407 e. The van der Waals surface area contributed by atoms with Crippen molar-refractivity contribution in [2.75, 3.05) is 53.7 Å². The third kappa shape index (κ3) is 9.63. The molecule has 3 heterocycles. The molecule has 0 bridgehead atoms. The van der Waals surface area contributed by atoms with Crippen LogP contribution in [0.2, 0.25) is 0 Å². The van der Waals surface area contributed by atoms with E-state index in [1.807, 2.05) is 44.2 Å². The van der Waals surface area contributed by atoms with E-state index in [0.717, 1.165) is 24.8 Å². The Labute approximate surface area is 300 Å². The van der Waals surface area contributed by atoms with Crippen LogP contribution in [0.25, 0.3) is 0 Å². The second-order valence-corrected chi connectivity index (χ2v) is 16.5. The van der Waals surface area contributed by atoms with Gasteiger partial charge in [-0.3, -0.25) is 4.90 Å². The van der Waals surface area contributed by atoms with Crippen LogP contribution in [-0.2, 0) is 25.9 Å². The zero-order valence-corrected chi connectivity index (χ0v) is 30.7. The van der Waals surface area contributed by atoms with Gasteiger partial charge in [-0.1, -0.05) is 57.0 Å². The number of ether oxygens (including phenoxy) is 4. The van der Waals surface area contributed by atoms with Gasteiger partial charge in [0.25, 0.3) is 0 Å². The van der Waals surface area contributed by atoms with Crippen molar-refractivity contribution in [3.05, 3.63) is 54.1 Å². The largest absolute Gasteiger partial charge is 0.465 e. The number of carbonyl (C=O) groups excluding carboxylic acids is 1. The summed E-state index contributed by atoms with van der Waals surface area (Å²) < 4.78 is 52.6. The van der Waals surface area contributed by atoms with E-state index in [4.69, 9.17) is 18.9 Å². The van der Waals surface area contributed by atoms with Crippen LogP contribution in [0, 0.1) is 11.3 Å². The molecule has 3 aliphatic heterocycles. The molecule has 282 valence electrons. The fourth-order valence-corrected chi connectivity index (χ4v) is 8.78. The minimum absolute atomic E-state index is 0.0168. The molecule has 5 rings (SSSR count). The lowest BCUT2D eigenvalue weighted by Crippen LogP contribution is -2.58. The molecule has 5 atom stereocenters. The second-order valence-electron chi connectivity index (χ2n) is 14.5. The second kappa shape index (κ2) is 16.8. The molecule has 14 nitrogen and oxygen atoms in total. The number of aliphatic hydroxyl groups excluding tert-OH is 1. The summed E-state index contributed by atoms with van der Waals surface area (Å²) in [5.74, 6) is 0.552. The number of hydrogen-bond donors (Lipinski definition) is 3. The van der Waals surface area contributed by atoms with Crippen LogP contribution in [0.3, 0.4) is 0 Å². The Morgan fingerprint density at radius 1 is 1.02 bits per heavy atom. The maximum atomic E-state index is 14.5. The molecule has 3 amide bonds. The predicted octanol–water partition coefficient (Wildman–Crippen LogP) is 3.98. The van der Waals surface area contributed by atoms with E-state index < -0.39 is 46.0 Å². The Morgan fingerprint density at radius 2 is 1.76 bits per heavy atom. The first-order chi connectivity index (χ1) is 24.3. The number of urea groups is 1. The zero-order valence-electron chi connectivity index (χ0n) is 29.9. The van der Waals surface area contributed by atoms with Crippen LogP contribution < -0.4 is 14.8 Å². The first-order valence-electron chi connectivity index (χ1n) is 17.6. The molecule has 15 heteroatoms. The molecule has 2 fully saturated rings. The molecule has 2 aromatic carbocycles. The summed E-state index contributed by atoms with van der Waals surface area (Å²) in [6.45, 7) is 4.77. The minimum Gasteiger partial charge on any atom is -0.465 e. The first kappa shape index (κ1) is 38.6.